The van der Waals surface area contributed by atoms with Crippen LogP contribution in [0.25, 0.3) is 0 Å². The van der Waals surface area contributed by atoms with Crippen molar-refractivity contribution < 1.29 is 17.9 Å². The van der Waals surface area contributed by atoms with Gasteiger partial charge in [0, 0.05) is 5.69 Å². The highest BCUT2D eigenvalue weighted by Crippen LogP contribution is 2.26. The molecule has 0 saturated carbocycles. The Labute approximate surface area is 182 Å². The molecule has 6 nitrogen and oxygen atoms in total. The molecule has 29 heavy (non-hydrogen) atoms. The van der Waals surface area contributed by atoms with Crippen LogP contribution in [0.4, 0.5) is 5.69 Å². The minimum Gasteiger partial charge on any atom is -0.497 e. The number of carbonyl (C=O) groups excluding carboxylic acids is 1. The summed E-state index contributed by atoms with van der Waals surface area (Å²) >= 11 is 4.35. The van der Waals surface area contributed by atoms with Crippen molar-refractivity contribution in [3.63, 3.8) is 0 Å². The summed E-state index contributed by atoms with van der Waals surface area (Å²) in [4.78, 5) is 12.9. The van der Waals surface area contributed by atoms with E-state index in [-0.39, 0.29) is 10.6 Å². The van der Waals surface area contributed by atoms with Crippen molar-refractivity contribution in [2.45, 2.75) is 16.7 Å². The van der Waals surface area contributed by atoms with Crippen molar-refractivity contribution in [3.8, 4) is 5.75 Å². The number of benzene rings is 2. The number of nitrogens with one attached hydrogen (secondary N) is 2. The summed E-state index contributed by atoms with van der Waals surface area (Å²) in [6.07, 6.45) is 0.217. The molecule has 1 heterocycles. The molecule has 3 rings (SSSR count). The zero-order valence-electron chi connectivity index (χ0n) is 15.5. The van der Waals surface area contributed by atoms with Crippen LogP contribution in [0.2, 0.25) is 0 Å². The van der Waals surface area contributed by atoms with Crippen LogP contribution in [0.3, 0.4) is 0 Å². The molecule has 0 aliphatic carbocycles. The number of carbonyl (C=O) groups is 1. The molecule has 2 N–H and O–H groups in total. The number of rotatable bonds is 8. The number of ether oxygens (including phenoxy) is 1. The normalized spacial score (nSPS) is 12.3. The quantitative estimate of drug-likeness (QED) is 0.494. The van der Waals surface area contributed by atoms with E-state index in [0.717, 1.165) is 16.9 Å². The van der Waals surface area contributed by atoms with Crippen molar-refractivity contribution >= 4 is 48.9 Å². The summed E-state index contributed by atoms with van der Waals surface area (Å²) in [6, 6.07) is 18.3. The first kappa shape index (κ1) is 21.5. The maximum Gasteiger partial charge on any atom is 0.250 e. The standard InChI is InChI=1S/C20H19BrN2O4S2/c1-27-16-9-7-15(8-10-16)22-20(24)17(13-14-5-3-2-4-6-14)23-29(25,26)19-12-11-18(21)28-19/h2-12,17,23H,13H2,1H3,(H,22,24)/t17-/m1/s1. The Morgan fingerprint density at radius 1 is 1.07 bits per heavy atom. The summed E-state index contributed by atoms with van der Waals surface area (Å²) < 4.78 is 34.0. The maximum absolute atomic E-state index is 12.9. The maximum atomic E-state index is 12.9. The highest BCUT2D eigenvalue weighted by Gasteiger charge is 2.27. The van der Waals surface area contributed by atoms with Gasteiger partial charge in [-0.3, -0.25) is 4.79 Å². The van der Waals surface area contributed by atoms with E-state index < -0.39 is 22.0 Å². The third kappa shape index (κ3) is 5.89. The smallest absolute Gasteiger partial charge is 0.250 e. The Morgan fingerprint density at radius 2 is 1.76 bits per heavy atom. The number of anilines is 1. The molecule has 0 spiro atoms. The van der Waals surface area contributed by atoms with E-state index in [1.807, 2.05) is 30.3 Å². The van der Waals surface area contributed by atoms with Gasteiger partial charge in [0.2, 0.25) is 5.91 Å². The molecule has 1 aromatic heterocycles. The Morgan fingerprint density at radius 3 is 2.34 bits per heavy atom. The SMILES string of the molecule is COc1ccc(NC(=O)[C@@H](Cc2ccccc2)NS(=O)(=O)c2ccc(Br)s2)cc1. The van der Waals surface area contributed by atoms with Gasteiger partial charge < -0.3 is 10.1 Å². The molecule has 152 valence electrons. The molecule has 3 aromatic rings. The van der Waals surface area contributed by atoms with E-state index in [9.17, 15) is 13.2 Å². The zero-order valence-corrected chi connectivity index (χ0v) is 18.7. The van der Waals surface area contributed by atoms with Crippen LogP contribution in [0.15, 0.2) is 74.7 Å². The van der Waals surface area contributed by atoms with Crippen molar-refractivity contribution in [2.24, 2.45) is 0 Å². The Balaban J connectivity index is 1.82. The second kappa shape index (κ2) is 9.53. The van der Waals surface area contributed by atoms with Gasteiger partial charge in [0.1, 0.15) is 16.0 Å². The summed E-state index contributed by atoms with van der Waals surface area (Å²) in [5.74, 6) is 0.214. The predicted octanol–water partition coefficient (Wildman–Crippen LogP) is 4.05. The third-order valence-electron chi connectivity index (χ3n) is 4.07. The summed E-state index contributed by atoms with van der Waals surface area (Å²) in [7, 11) is -2.29. The van der Waals surface area contributed by atoms with Gasteiger partial charge in [-0.25, -0.2) is 8.42 Å². The van der Waals surface area contributed by atoms with Gasteiger partial charge in [-0.2, -0.15) is 4.72 Å². The number of methoxy groups -OCH3 is 1. The van der Waals surface area contributed by atoms with Crippen LogP contribution < -0.4 is 14.8 Å². The van der Waals surface area contributed by atoms with E-state index in [2.05, 4.69) is 26.0 Å². The van der Waals surface area contributed by atoms with Crippen LogP contribution in [-0.4, -0.2) is 27.5 Å². The van der Waals surface area contributed by atoms with Crippen molar-refractivity contribution in [3.05, 3.63) is 76.1 Å². The molecule has 0 aliphatic rings. The van der Waals surface area contributed by atoms with E-state index in [0.29, 0.717) is 15.2 Å². The first-order chi connectivity index (χ1) is 13.9. The number of thiophene rings is 1. The van der Waals surface area contributed by atoms with Gasteiger partial charge in [-0.1, -0.05) is 30.3 Å². The van der Waals surface area contributed by atoms with Gasteiger partial charge in [-0.05, 0) is 64.3 Å². The fourth-order valence-electron chi connectivity index (χ4n) is 2.63. The first-order valence-electron chi connectivity index (χ1n) is 8.64. The lowest BCUT2D eigenvalue weighted by molar-refractivity contribution is -0.117. The highest BCUT2D eigenvalue weighted by molar-refractivity contribution is 9.11. The van der Waals surface area contributed by atoms with E-state index in [1.165, 1.54) is 6.07 Å². The minimum atomic E-state index is -3.85. The molecule has 0 saturated heterocycles. The number of hydrogen-bond acceptors (Lipinski definition) is 5. The van der Waals surface area contributed by atoms with Crippen LogP contribution in [-0.2, 0) is 21.2 Å². The minimum absolute atomic E-state index is 0.139. The molecule has 0 aliphatic heterocycles. The topological polar surface area (TPSA) is 84.5 Å². The summed E-state index contributed by atoms with van der Waals surface area (Å²) in [5, 5.41) is 2.77. The first-order valence-corrected chi connectivity index (χ1v) is 11.7. The van der Waals surface area contributed by atoms with Gasteiger partial charge in [0.15, 0.2) is 0 Å². The predicted molar refractivity (Wildman–Crippen MR) is 118 cm³/mol. The average molecular weight is 495 g/mol. The van der Waals surface area contributed by atoms with Crippen LogP contribution in [0.5, 0.6) is 5.75 Å². The number of hydrogen-bond donors (Lipinski definition) is 2. The van der Waals surface area contributed by atoms with E-state index in [1.54, 1.807) is 37.4 Å². The molecule has 0 radical (unpaired) electrons. The Kier molecular flexibility index (Phi) is 7.07. The second-order valence-electron chi connectivity index (χ2n) is 6.14. The zero-order chi connectivity index (χ0) is 20.9. The van der Waals surface area contributed by atoms with Crippen LogP contribution in [0, 0.1) is 0 Å². The third-order valence-corrected chi connectivity index (χ3v) is 7.65. The molecular weight excluding hydrogens is 476 g/mol. The van der Waals surface area contributed by atoms with Crippen LogP contribution in [0.1, 0.15) is 5.56 Å². The number of halogens is 1. The molecule has 0 bridgehead atoms. The van der Waals surface area contributed by atoms with Crippen molar-refractivity contribution in [1.82, 2.24) is 4.72 Å². The van der Waals surface area contributed by atoms with Crippen LogP contribution >= 0.6 is 27.3 Å². The Bertz CT molecular complexity index is 1070. The lowest BCUT2D eigenvalue weighted by Crippen LogP contribution is -2.45. The average Bonchev–Trinajstić information content (AvgIpc) is 3.16. The van der Waals surface area contributed by atoms with Crippen molar-refractivity contribution in [2.75, 3.05) is 12.4 Å². The molecule has 9 heteroatoms. The molecule has 1 atom stereocenters. The second-order valence-corrected chi connectivity index (χ2v) is 10.5. The summed E-state index contributed by atoms with van der Waals surface area (Å²) in [6.45, 7) is 0. The van der Waals surface area contributed by atoms with Gasteiger partial charge in [0.05, 0.1) is 10.9 Å². The fourth-order valence-corrected chi connectivity index (χ4v) is 5.85. The largest absolute Gasteiger partial charge is 0.497 e. The molecule has 0 unspecified atom stereocenters. The van der Waals surface area contributed by atoms with Gasteiger partial charge in [-0.15, -0.1) is 11.3 Å². The molecular formula is C20H19BrN2O4S2. The van der Waals surface area contributed by atoms with Crippen molar-refractivity contribution in [1.29, 1.82) is 0 Å². The number of amides is 1. The summed E-state index contributed by atoms with van der Waals surface area (Å²) in [5.41, 5.74) is 1.39. The number of sulfonamides is 1. The van der Waals surface area contributed by atoms with Gasteiger partial charge >= 0.3 is 0 Å². The molecule has 2 aromatic carbocycles. The highest BCUT2D eigenvalue weighted by atomic mass is 79.9. The fraction of sp³-hybridized carbons (Fsp3) is 0.150. The lowest BCUT2D eigenvalue weighted by Gasteiger charge is -2.18. The van der Waals surface area contributed by atoms with Gasteiger partial charge in [0.25, 0.3) is 10.0 Å². The molecule has 0 fully saturated rings. The monoisotopic (exact) mass is 494 g/mol. The van der Waals surface area contributed by atoms with E-state index in [4.69, 9.17) is 4.74 Å². The molecule has 1 amide bonds. The Hall–Kier alpha value is -2.20. The lowest BCUT2D eigenvalue weighted by atomic mass is 10.1. The van der Waals surface area contributed by atoms with E-state index >= 15 is 0 Å².